The van der Waals surface area contributed by atoms with Crippen LogP contribution in [0.3, 0.4) is 0 Å². The molecule has 0 spiro atoms. The quantitative estimate of drug-likeness (QED) is 0.848. The van der Waals surface area contributed by atoms with Gasteiger partial charge in [-0.1, -0.05) is 30.7 Å². The molecular weight excluding hydrogens is 316 g/mol. The summed E-state index contributed by atoms with van der Waals surface area (Å²) >= 11 is 0. The Morgan fingerprint density at radius 1 is 0.960 bits per heavy atom. The third-order valence-corrected chi connectivity index (χ3v) is 5.05. The molecule has 1 aromatic carbocycles. The maximum atomic E-state index is 12.3. The van der Waals surface area contributed by atoms with Gasteiger partial charge in [-0.15, -0.1) is 0 Å². The molecule has 0 saturated carbocycles. The summed E-state index contributed by atoms with van der Waals surface area (Å²) in [4.78, 5) is 28.4. The molecular formula is C19H28N4O2. The molecule has 6 heteroatoms. The minimum atomic E-state index is -0.261. The van der Waals surface area contributed by atoms with Crippen LogP contribution >= 0.6 is 0 Å². The molecule has 2 N–H and O–H groups in total. The van der Waals surface area contributed by atoms with Crippen LogP contribution in [0.15, 0.2) is 24.3 Å². The van der Waals surface area contributed by atoms with E-state index in [4.69, 9.17) is 0 Å². The summed E-state index contributed by atoms with van der Waals surface area (Å²) in [7, 11) is 0. The fourth-order valence-electron chi connectivity index (χ4n) is 3.55. The van der Waals surface area contributed by atoms with Crippen LogP contribution in [0.2, 0.25) is 0 Å². The van der Waals surface area contributed by atoms with Crippen molar-refractivity contribution in [1.29, 1.82) is 0 Å². The summed E-state index contributed by atoms with van der Waals surface area (Å²) in [5, 5.41) is 5.52. The van der Waals surface area contributed by atoms with Gasteiger partial charge in [0.2, 0.25) is 5.91 Å². The molecule has 6 nitrogen and oxygen atoms in total. The lowest BCUT2D eigenvalue weighted by molar-refractivity contribution is -0.130. The fraction of sp³-hybridized carbons (Fsp3) is 0.579. The maximum Gasteiger partial charge on any atom is 0.315 e. The van der Waals surface area contributed by atoms with Crippen molar-refractivity contribution in [2.75, 3.05) is 39.3 Å². The molecule has 2 heterocycles. The van der Waals surface area contributed by atoms with E-state index in [1.54, 1.807) is 0 Å². The Morgan fingerprint density at radius 3 is 2.52 bits per heavy atom. The van der Waals surface area contributed by atoms with Crippen LogP contribution in [0.25, 0.3) is 0 Å². The number of piperidine rings is 1. The molecule has 1 fully saturated rings. The predicted molar refractivity (Wildman–Crippen MR) is 97.3 cm³/mol. The highest BCUT2D eigenvalue weighted by molar-refractivity contribution is 5.84. The molecule has 0 unspecified atom stereocenters. The van der Waals surface area contributed by atoms with Crippen molar-refractivity contribution in [3.8, 4) is 0 Å². The first-order valence-electron chi connectivity index (χ1n) is 9.31. The zero-order chi connectivity index (χ0) is 17.5. The van der Waals surface area contributed by atoms with E-state index in [0.717, 1.165) is 26.1 Å². The molecule has 2 aliphatic heterocycles. The third kappa shape index (κ3) is 5.19. The second-order valence-corrected chi connectivity index (χ2v) is 6.85. The Bertz CT molecular complexity index is 599. The van der Waals surface area contributed by atoms with Crippen LogP contribution in [-0.4, -0.2) is 61.0 Å². The number of benzene rings is 1. The smallest absolute Gasteiger partial charge is 0.315 e. The number of hydrogen-bond acceptors (Lipinski definition) is 3. The van der Waals surface area contributed by atoms with Gasteiger partial charge in [0.05, 0.1) is 6.54 Å². The second kappa shape index (κ2) is 8.85. The Hall–Kier alpha value is -2.08. The number of likely N-dealkylation sites (tertiary alicyclic amines) is 1. The topological polar surface area (TPSA) is 64.7 Å². The van der Waals surface area contributed by atoms with Crippen molar-refractivity contribution in [3.05, 3.63) is 35.4 Å². The molecule has 136 valence electrons. The van der Waals surface area contributed by atoms with Gasteiger partial charge in [-0.05, 0) is 43.5 Å². The second-order valence-electron chi connectivity index (χ2n) is 6.85. The van der Waals surface area contributed by atoms with Crippen LogP contribution in [0.1, 0.15) is 30.4 Å². The van der Waals surface area contributed by atoms with Crippen molar-refractivity contribution in [2.45, 2.75) is 32.2 Å². The monoisotopic (exact) mass is 344 g/mol. The lowest BCUT2D eigenvalue weighted by Gasteiger charge is -2.29. The summed E-state index contributed by atoms with van der Waals surface area (Å²) in [6.07, 6.45) is 4.69. The fourth-order valence-corrected chi connectivity index (χ4v) is 3.55. The molecule has 1 saturated heterocycles. The van der Waals surface area contributed by atoms with Crippen molar-refractivity contribution >= 4 is 11.9 Å². The highest BCUT2D eigenvalue weighted by Crippen LogP contribution is 2.18. The first kappa shape index (κ1) is 17.7. The molecule has 2 aliphatic rings. The summed E-state index contributed by atoms with van der Waals surface area (Å²) in [5.41, 5.74) is 2.52. The zero-order valence-corrected chi connectivity index (χ0v) is 14.8. The lowest BCUT2D eigenvalue weighted by Crippen LogP contribution is -2.46. The van der Waals surface area contributed by atoms with Crippen molar-refractivity contribution in [3.63, 3.8) is 0 Å². The van der Waals surface area contributed by atoms with Gasteiger partial charge in [0, 0.05) is 26.2 Å². The number of rotatable bonds is 5. The predicted octanol–water partition coefficient (Wildman–Crippen LogP) is 1.36. The van der Waals surface area contributed by atoms with Gasteiger partial charge in [0.1, 0.15) is 0 Å². The van der Waals surface area contributed by atoms with E-state index in [-0.39, 0.29) is 18.5 Å². The Kier molecular flexibility index (Phi) is 6.28. The number of nitrogens with zero attached hydrogens (tertiary/aromatic N) is 2. The van der Waals surface area contributed by atoms with Gasteiger partial charge in [-0.2, -0.15) is 0 Å². The summed E-state index contributed by atoms with van der Waals surface area (Å²) < 4.78 is 0. The van der Waals surface area contributed by atoms with E-state index in [0.29, 0.717) is 19.6 Å². The van der Waals surface area contributed by atoms with Crippen LogP contribution in [0.4, 0.5) is 4.79 Å². The number of carbonyl (C=O) groups excluding carboxylic acids is 2. The molecule has 0 atom stereocenters. The number of urea groups is 1. The molecule has 3 rings (SSSR count). The van der Waals surface area contributed by atoms with E-state index in [1.165, 1.54) is 30.4 Å². The number of amides is 3. The summed E-state index contributed by atoms with van der Waals surface area (Å²) in [5.74, 6) is -0.0271. The molecule has 1 aromatic rings. The number of carbonyl (C=O) groups is 2. The molecule has 0 bridgehead atoms. The van der Waals surface area contributed by atoms with Gasteiger partial charge < -0.3 is 20.4 Å². The molecule has 25 heavy (non-hydrogen) atoms. The normalized spacial score (nSPS) is 17.7. The SMILES string of the molecule is O=C(NCCN1CCCCC1)NCC(=O)N1CCc2ccccc2C1. The third-order valence-electron chi connectivity index (χ3n) is 5.05. The van der Waals surface area contributed by atoms with E-state index in [1.807, 2.05) is 17.0 Å². The van der Waals surface area contributed by atoms with Crippen LogP contribution in [-0.2, 0) is 17.8 Å². The van der Waals surface area contributed by atoms with Gasteiger partial charge in [0.15, 0.2) is 0 Å². The maximum absolute atomic E-state index is 12.3. The van der Waals surface area contributed by atoms with Crippen molar-refractivity contribution in [1.82, 2.24) is 20.4 Å². The summed E-state index contributed by atoms with van der Waals surface area (Å²) in [6, 6.07) is 7.95. The first-order chi connectivity index (χ1) is 12.2. The highest BCUT2D eigenvalue weighted by Gasteiger charge is 2.20. The van der Waals surface area contributed by atoms with Crippen LogP contribution < -0.4 is 10.6 Å². The van der Waals surface area contributed by atoms with E-state index < -0.39 is 0 Å². The molecule has 3 amide bonds. The highest BCUT2D eigenvalue weighted by atomic mass is 16.2. The lowest BCUT2D eigenvalue weighted by atomic mass is 10.00. The molecule has 0 aliphatic carbocycles. The Balaban J connectivity index is 1.34. The van der Waals surface area contributed by atoms with Crippen LogP contribution in [0, 0.1) is 0 Å². The number of fused-ring (bicyclic) bond motifs is 1. The van der Waals surface area contributed by atoms with Gasteiger partial charge >= 0.3 is 6.03 Å². The van der Waals surface area contributed by atoms with Gasteiger partial charge in [-0.25, -0.2) is 4.79 Å². The molecule has 0 aromatic heterocycles. The van der Waals surface area contributed by atoms with Gasteiger partial charge in [-0.3, -0.25) is 4.79 Å². The van der Waals surface area contributed by atoms with Crippen molar-refractivity contribution in [2.24, 2.45) is 0 Å². The van der Waals surface area contributed by atoms with E-state index >= 15 is 0 Å². The average molecular weight is 344 g/mol. The number of nitrogens with one attached hydrogen (secondary N) is 2. The Morgan fingerprint density at radius 2 is 1.72 bits per heavy atom. The largest absolute Gasteiger partial charge is 0.337 e. The van der Waals surface area contributed by atoms with Crippen molar-refractivity contribution < 1.29 is 9.59 Å². The van der Waals surface area contributed by atoms with Gasteiger partial charge in [0.25, 0.3) is 0 Å². The minimum Gasteiger partial charge on any atom is -0.337 e. The summed E-state index contributed by atoms with van der Waals surface area (Å²) in [6.45, 7) is 5.15. The number of hydrogen-bond donors (Lipinski definition) is 2. The molecule has 0 radical (unpaired) electrons. The van der Waals surface area contributed by atoms with E-state index in [9.17, 15) is 9.59 Å². The first-order valence-corrected chi connectivity index (χ1v) is 9.31. The standard InChI is InChI=1S/C19H28N4O2/c24-18(23-12-8-16-6-2-3-7-17(16)15-23)14-21-19(25)20-9-13-22-10-4-1-5-11-22/h2-3,6-7H,1,4-5,8-15H2,(H2,20,21,25). The average Bonchev–Trinajstić information content (AvgIpc) is 2.66. The van der Waals surface area contributed by atoms with Crippen LogP contribution in [0.5, 0.6) is 0 Å². The minimum absolute atomic E-state index is 0.0271. The zero-order valence-electron chi connectivity index (χ0n) is 14.8. The van der Waals surface area contributed by atoms with E-state index in [2.05, 4.69) is 27.7 Å². The Labute approximate surface area is 149 Å².